The van der Waals surface area contributed by atoms with E-state index in [1.165, 1.54) is 0 Å². The Morgan fingerprint density at radius 2 is 1.57 bits per heavy atom. The summed E-state index contributed by atoms with van der Waals surface area (Å²) in [6, 6.07) is 19.0. The molecule has 1 unspecified atom stereocenters. The van der Waals surface area contributed by atoms with Gasteiger partial charge in [-0.25, -0.2) is 14.6 Å². The van der Waals surface area contributed by atoms with Crippen LogP contribution in [0.15, 0.2) is 73.1 Å². The van der Waals surface area contributed by atoms with Gasteiger partial charge in [0.05, 0.1) is 47.3 Å². The number of aliphatic hydroxyl groups excluding tert-OH is 3. The summed E-state index contributed by atoms with van der Waals surface area (Å²) >= 11 is 6.24. The molecule has 8 N–H and O–H groups in total. The lowest BCUT2D eigenvalue weighted by Crippen LogP contribution is -2.19. The predicted octanol–water partition coefficient (Wildman–Crippen LogP) is 4.58. The summed E-state index contributed by atoms with van der Waals surface area (Å²) in [4.78, 5) is 8.70. The highest BCUT2D eigenvalue weighted by Gasteiger charge is 2.20. The Labute approximate surface area is 275 Å². The molecule has 6 aromatic rings. The number of nitrogens with two attached hydrogens (primary N) is 2. The Bertz CT molecular complexity index is 1890. The van der Waals surface area contributed by atoms with Gasteiger partial charge in [0.15, 0.2) is 6.23 Å². The van der Waals surface area contributed by atoms with Crippen molar-refractivity contribution in [2.45, 2.75) is 25.5 Å². The molecule has 14 heteroatoms. The fourth-order valence-electron chi connectivity index (χ4n) is 5.13. The van der Waals surface area contributed by atoms with E-state index in [-0.39, 0.29) is 32.7 Å². The second-order valence-electron chi connectivity index (χ2n) is 10.5. The van der Waals surface area contributed by atoms with E-state index in [9.17, 15) is 0 Å². The van der Waals surface area contributed by atoms with E-state index in [1.807, 2.05) is 53.2 Å². The molecule has 1 aliphatic heterocycles. The zero-order chi connectivity index (χ0) is 33.2. The smallest absolute Gasteiger partial charge is 0.150 e. The number of H-pyrrole nitrogens is 1. The molecule has 4 aromatic heterocycles. The van der Waals surface area contributed by atoms with Crippen LogP contribution in [0.3, 0.4) is 0 Å². The number of halogens is 1. The first-order valence-corrected chi connectivity index (χ1v) is 15.5. The van der Waals surface area contributed by atoms with E-state index in [0.29, 0.717) is 22.4 Å². The second-order valence-corrected chi connectivity index (χ2v) is 10.9. The molecule has 13 nitrogen and oxygen atoms in total. The average Bonchev–Trinajstić information content (AvgIpc) is 3.81. The van der Waals surface area contributed by atoms with Crippen molar-refractivity contribution in [2.24, 2.45) is 0 Å². The summed E-state index contributed by atoms with van der Waals surface area (Å²) in [5, 5.41) is 37.8. The monoisotopic (exact) mass is 660 g/mol. The van der Waals surface area contributed by atoms with Gasteiger partial charge in [-0.15, -0.1) is 0 Å². The van der Waals surface area contributed by atoms with Crippen molar-refractivity contribution in [2.75, 3.05) is 44.5 Å². The first-order valence-electron chi connectivity index (χ1n) is 15.1. The molecule has 1 saturated heterocycles. The molecular formula is C33H37ClN8O5. The summed E-state index contributed by atoms with van der Waals surface area (Å²) in [5.41, 5.74) is 17.0. The van der Waals surface area contributed by atoms with Gasteiger partial charge in [-0.2, -0.15) is 10.2 Å². The second kappa shape index (κ2) is 16.2. The molecule has 0 spiro atoms. The number of rotatable bonds is 7. The Morgan fingerprint density at radius 3 is 2.28 bits per heavy atom. The van der Waals surface area contributed by atoms with E-state index in [2.05, 4.69) is 25.3 Å². The zero-order valence-electron chi connectivity index (χ0n) is 25.6. The fraction of sp³-hybridized carbons (Fsp3) is 0.273. The van der Waals surface area contributed by atoms with Gasteiger partial charge in [0.1, 0.15) is 24.0 Å². The zero-order valence-corrected chi connectivity index (χ0v) is 26.3. The van der Waals surface area contributed by atoms with Crippen molar-refractivity contribution in [3.8, 4) is 28.3 Å². The van der Waals surface area contributed by atoms with Crippen molar-refractivity contribution < 1.29 is 24.8 Å². The number of nitrogens with zero attached hydrogens (tertiary/aromatic N) is 5. The van der Waals surface area contributed by atoms with Gasteiger partial charge < -0.3 is 36.3 Å². The highest BCUT2D eigenvalue weighted by Crippen LogP contribution is 2.32. The number of anilines is 2. The molecular weight excluding hydrogens is 624 g/mol. The number of hydrogen-bond donors (Lipinski definition) is 6. The van der Waals surface area contributed by atoms with Gasteiger partial charge in [0.2, 0.25) is 0 Å². The van der Waals surface area contributed by atoms with Crippen LogP contribution in [0.25, 0.3) is 44.3 Å². The summed E-state index contributed by atoms with van der Waals surface area (Å²) in [5.74, 6) is 1.42. The Kier molecular flexibility index (Phi) is 11.5. The number of aliphatic hydroxyl groups is 3. The van der Waals surface area contributed by atoms with Gasteiger partial charge in [-0.3, -0.25) is 5.10 Å². The van der Waals surface area contributed by atoms with Crippen LogP contribution in [0.1, 0.15) is 25.5 Å². The Morgan fingerprint density at radius 1 is 0.851 bits per heavy atom. The number of aromatic nitrogens is 6. The normalized spacial score (nSPS) is 14.3. The molecule has 0 radical (unpaired) electrons. The van der Waals surface area contributed by atoms with Crippen molar-refractivity contribution in [3.63, 3.8) is 0 Å². The van der Waals surface area contributed by atoms with Crippen LogP contribution in [0, 0.1) is 0 Å². The van der Waals surface area contributed by atoms with Crippen molar-refractivity contribution in [1.29, 1.82) is 0 Å². The molecule has 0 saturated carbocycles. The summed E-state index contributed by atoms with van der Waals surface area (Å²) in [6.45, 7) is 0.714. The molecule has 2 aromatic carbocycles. The van der Waals surface area contributed by atoms with Crippen LogP contribution < -0.4 is 16.2 Å². The maximum absolute atomic E-state index is 8.86. The summed E-state index contributed by atoms with van der Waals surface area (Å²) in [7, 11) is 0. The van der Waals surface area contributed by atoms with Gasteiger partial charge in [-0.05, 0) is 55.7 Å². The van der Waals surface area contributed by atoms with Gasteiger partial charge in [-0.1, -0.05) is 29.8 Å². The van der Waals surface area contributed by atoms with Crippen molar-refractivity contribution in [3.05, 3.63) is 78.1 Å². The lowest BCUT2D eigenvalue weighted by Gasteiger charge is -2.24. The number of aromatic amines is 1. The molecule has 7 rings (SSSR count). The summed E-state index contributed by atoms with van der Waals surface area (Å²) < 4.78 is 13.3. The van der Waals surface area contributed by atoms with E-state index >= 15 is 0 Å². The first-order chi connectivity index (χ1) is 22.9. The minimum absolute atomic E-state index is 0.00170. The molecule has 246 valence electrons. The van der Waals surface area contributed by atoms with Crippen LogP contribution in [0.5, 0.6) is 5.75 Å². The molecule has 1 atom stereocenters. The number of benzene rings is 2. The van der Waals surface area contributed by atoms with Crippen LogP contribution in [-0.4, -0.2) is 78.3 Å². The quantitative estimate of drug-likeness (QED) is 0.140. The maximum Gasteiger partial charge on any atom is 0.150 e. The van der Waals surface area contributed by atoms with Crippen LogP contribution in [0.4, 0.5) is 11.6 Å². The number of nitrogen functional groups attached to an aromatic ring is 2. The van der Waals surface area contributed by atoms with E-state index in [4.69, 9.17) is 47.9 Å². The molecule has 5 heterocycles. The lowest BCUT2D eigenvalue weighted by molar-refractivity contribution is -0.0383. The third-order valence-electron chi connectivity index (χ3n) is 7.23. The number of pyridine rings is 2. The van der Waals surface area contributed by atoms with E-state index < -0.39 is 0 Å². The topological polar surface area (TPSA) is 203 Å². The molecule has 0 amide bonds. The molecule has 0 bridgehead atoms. The number of fused-ring (bicyclic) bond motifs is 2. The predicted molar refractivity (Wildman–Crippen MR) is 182 cm³/mol. The molecule has 1 aliphatic rings. The first kappa shape index (κ1) is 33.6. The molecule has 47 heavy (non-hydrogen) atoms. The Hall–Kier alpha value is -4.79. The van der Waals surface area contributed by atoms with E-state index in [1.54, 1.807) is 24.5 Å². The third-order valence-corrected chi connectivity index (χ3v) is 7.54. The maximum atomic E-state index is 8.86. The average molecular weight is 661 g/mol. The fourth-order valence-corrected chi connectivity index (χ4v) is 5.40. The van der Waals surface area contributed by atoms with Crippen molar-refractivity contribution >= 4 is 45.0 Å². The van der Waals surface area contributed by atoms with Crippen molar-refractivity contribution in [1.82, 2.24) is 29.9 Å². The van der Waals surface area contributed by atoms with E-state index in [0.717, 1.165) is 70.2 Å². The SMILES string of the molecule is Nc1cc(Cl)c2ccc(-c3ccnn3C3CCCCO3)cc2n1.Nc1cc(OCCO)c2ccc(-c3ccn[nH]3)cc2n1.OCCO. The number of hydrogen-bond acceptors (Lipinski definition) is 11. The van der Waals surface area contributed by atoms with Crippen LogP contribution in [0.2, 0.25) is 5.02 Å². The number of ether oxygens (including phenoxy) is 2. The largest absolute Gasteiger partial charge is 0.490 e. The van der Waals surface area contributed by atoms with Crippen LogP contribution in [-0.2, 0) is 4.74 Å². The van der Waals surface area contributed by atoms with Crippen LogP contribution >= 0.6 is 11.6 Å². The third kappa shape index (κ3) is 8.33. The standard InChI is InChI=1S/C17H17ClN4O.C14H14N4O2.C2H6O2/c18-13-10-16(19)21-14-9-11(4-5-12(13)14)15-6-7-20-22(15)17-3-1-2-8-23-17;15-14-8-13(20-6-5-19)10-2-1-9(7-12(10)17-14)11-3-4-16-18-11;3-1-2-4/h4-7,9-10,17H,1-3,8H2,(H2,19,21);1-4,7-8,19H,5-6H2,(H2,15,17)(H,16,18);3-4H,1-2H2. The highest BCUT2D eigenvalue weighted by molar-refractivity contribution is 6.35. The van der Waals surface area contributed by atoms with Gasteiger partial charge >= 0.3 is 0 Å². The minimum atomic E-state index is -0.125. The Balaban J connectivity index is 0.000000167. The van der Waals surface area contributed by atoms with Gasteiger partial charge in [0.25, 0.3) is 0 Å². The van der Waals surface area contributed by atoms with Gasteiger partial charge in [0, 0.05) is 47.0 Å². The lowest BCUT2D eigenvalue weighted by atomic mass is 10.1. The highest BCUT2D eigenvalue weighted by atomic mass is 35.5. The minimum Gasteiger partial charge on any atom is -0.490 e. The molecule has 0 aliphatic carbocycles. The molecule has 1 fully saturated rings. The summed E-state index contributed by atoms with van der Waals surface area (Å²) in [6.07, 6.45) is 6.76. The number of nitrogens with one attached hydrogen (secondary N) is 1.